The number of oxazole rings is 1. The van der Waals surface area contributed by atoms with E-state index in [-0.39, 0.29) is 16.7 Å². The van der Waals surface area contributed by atoms with Gasteiger partial charge in [0, 0.05) is 16.6 Å². The average Bonchev–Trinajstić information content (AvgIpc) is 2.81. The number of hydrogen-bond donors (Lipinski definition) is 1. The molecule has 3 rings (SSSR count). The van der Waals surface area contributed by atoms with Crippen molar-refractivity contribution in [2.24, 2.45) is 0 Å². The molecule has 1 N–H and O–H groups in total. The zero-order valence-corrected chi connectivity index (χ0v) is 11.6. The Morgan fingerprint density at radius 2 is 1.95 bits per heavy atom. The molecule has 0 aromatic carbocycles. The Labute approximate surface area is 116 Å². The van der Waals surface area contributed by atoms with Crippen molar-refractivity contribution in [3.8, 4) is 0 Å². The number of hydrogen-bond acceptors (Lipinski definition) is 5. The van der Waals surface area contributed by atoms with Crippen molar-refractivity contribution in [1.29, 1.82) is 0 Å². The van der Waals surface area contributed by atoms with E-state index in [9.17, 15) is 14.7 Å². The Hall–Kier alpha value is -2.01. The van der Waals surface area contributed by atoms with Gasteiger partial charge in [0.2, 0.25) is 17.4 Å². The van der Waals surface area contributed by atoms with Gasteiger partial charge in [-0.15, -0.1) is 0 Å². The maximum absolute atomic E-state index is 12.1. The Morgan fingerprint density at radius 1 is 1.25 bits per heavy atom. The molecule has 1 aromatic heterocycles. The Bertz CT molecular complexity index is 685. The van der Waals surface area contributed by atoms with Crippen molar-refractivity contribution in [3.63, 3.8) is 0 Å². The van der Waals surface area contributed by atoms with E-state index in [1.165, 1.54) is 6.08 Å². The highest BCUT2D eigenvalue weighted by Crippen LogP contribution is 2.38. The van der Waals surface area contributed by atoms with Gasteiger partial charge >= 0.3 is 0 Å². The molecule has 0 fully saturated rings. The lowest BCUT2D eigenvalue weighted by Gasteiger charge is -2.19. The Kier molecular flexibility index (Phi) is 2.59. The zero-order chi connectivity index (χ0) is 14.7. The third-order valence-electron chi connectivity index (χ3n) is 3.39. The van der Waals surface area contributed by atoms with Gasteiger partial charge in [0.15, 0.2) is 0 Å². The second-order valence-corrected chi connectivity index (χ2v) is 6.11. The maximum Gasteiger partial charge on any atom is 0.270 e. The first-order chi connectivity index (χ1) is 9.29. The third kappa shape index (κ3) is 1.78. The minimum absolute atomic E-state index is 0.0136. The lowest BCUT2D eigenvalue weighted by molar-refractivity contribution is -0.111. The molecule has 20 heavy (non-hydrogen) atoms. The average molecular weight is 273 g/mol. The number of carbonyl (C=O) groups excluding carboxylic acids is 2. The van der Waals surface area contributed by atoms with Crippen LogP contribution in [0.1, 0.15) is 49.3 Å². The van der Waals surface area contributed by atoms with Crippen LogP contribution >= 0.6 is 0 Å². The normalized spacial score (nSPS) is 22.1. The van der Waals surface area contributed by atoms with Crippen LogP contribution in [0.2, 0.25) is 0 Å². The number of carbonyl (C=O) groups is 2. The van der Waals surface area contributed by atoms with Crippen molar-refractivity contribution in [2.75, 3.05) is 0 Å². The largest absolute Gasteiger partial charge is 0.436 e. The fourth-order valence-electron chi connectivity index (χ4n) is 2.32. The summed E-state index contributed by atoms with van der Waals surface area (Å²) in [7, 11) is 0. The van der Waals surface area contributed by atoms with Gasteiger partial charge in [-0.3, -0.25) is 9.59 Å². The van der Waals surface area contributed by atoms with E-state index in [0.29, 0.717) is 23.6 Å². The molecule has 1 unspecified atom stereocenters. The number of aromatic nitrogens is 1. The molecule has 0 saturated carbocycles. The topological polar surface area (TPSA) is 80.4 Å². The summed E-state index contributed by atoms with van der Waals surface area (Å²) in [6.07, 6.45) is 2.82. The van der Waals surface area contributed by atoms with Gasteiger partial charge in [0.25, 0.3) is 5.78 Å². The van der Waals surface area contributed by atoms with Gasteiger partial charge in [-0.1, -0.05) is 26.8 Å². The van der Waals surface area contributed by atoms with Crippen molar-refractivity contribution in [2.45, 2.75) is 38.7 Å². The van der Waals surface area contributed by atoms with Crippen molar-refractivity contribution in [1.82, 2.24) is 4.98 Å². The summed E-state index contributed by atoms with van der Waals surface area (Å²) >= 11 is 0. The van der Waals surface area contributed by atoms with Crippen LogP contribution in [0, 0.1) is 0 Å². The smallest absolute Gasteiger partial charge is 0.270 e. The van der Waals surface area contributed by atoms with Crippen LogP contribution in [0.4, 0.5) is 0 Å². The van der Waals surface area contributed by atoms with Crippen molar-refractivity contribution < 1.29 is 19.1 Å². The molecule has 2 aliphatic carbocycles. The van der Waals surface area contributed by atoms with E-state index in [1.807, 2.05) is 20.8 Å². The molecule has 1 aromatic rings. The van der Waals surface area contributed by atoms with Crippen LogP contribution in [0.3, 0.4) is 0 Å². The highest BCUT2D eigenvalue weighted by atomic mass is 16.4. The van der Waals surface area contributed by atoms with E-state index in [1.54, 1.807) is 6.08 Å². The molecule has 0 saturated heterocycles. The molecule has 5 nitrogen and oxygen atoms in total. The molecule has 1 atom stereocenters. The van der Waals surface area contributed by atoms with Crippen LogP contribution in [0.15, 0.2) is 22.1 Å². The quantitative estimate of drug-likeness (QED) is 0.729. The monoisotopic (exact) mass is 273 g/mol. The number of aliphatic hydroxyl groups is 1. The molecule has 104 valence electrons. The van der Waals surface area contributed by atoms with E-state index in [0.717, 1.165) is 0 Å². The van der Waals surface area contributed by atoms with E-state index in [4.69, 9.17) is 4.42 Å². The predicted molar refractivity (Wildman–Crippen MR) is 71.2 cm³/mol. The SMILES string of the molecule is CC(C)(C)c1nc2c(o1)C(=O)C(=O)C1=CC(O)CC=C12. The number of ketones is 2. The minimum Gasteiger partial charge on any atom is -0.436 e. The molecule has 2 aliphatic rings. The number of allylic oxidation sites excluding steroid dienone is 2. The Morgan fingerprint density at radius 3 is 2.60 bits per heavy atom. The van der Waals surface area contributed by atoms with E-state index in [2.05, 4.69) is 4.98 Å². The number of rotatable bonds is 0. The fraction of sp³-hybridized carbons (Fsp3) is 0.400. The predicted octanol–water partition coefficient (Wildman–Crippen LogP) is 1.81. The van der Waals surface area contributed by atoms with Crippen LogP contribution in [0.5, 0.6) is 0 Å². The minimum atomic E-state index is -0.735. The van der Waals surface area contributed by atoms with Gasteiger partial charge < -0.3 is 9.52 Å². The molecule has 0 bridgehead atoms. The molecular formula is C15H15NO4. The third-order valence-corrected chi connectivity index (χ3v) is 3.39. The molecule has 1 heterocycles. The first-order valence-electron chi connectivity index (χ1n) is 6.50. The molecular weight excluding hydrogens is 258 g/mol. The van der Waals surface area contributed by atoms with Crippen molar-refractivity contribution in [3.05, 3.63) is 35.1 Å². The highest BCUT2D eigenvalue weighted by Gasteiger charge is 2.40. The van der Waals surface area contributed by atoms with Crippen LogP contribution < -0.4 is 0 Å². The molecule has 0 spiro atoms. The Balaban J connectivity index is 2.22. The van der Waals surface area contributed by atoms with E-state index >= 15 is 0 Å². The van der Waals surface area contributed by atoms with Gasteiger partial charge in [-0.05, 0) is 12.5 Å². The number of fused-ring (bicyclic) bond motifs is 3. The summed E-state index contributed by atoms with van der Waals surface area (Å²) in [6.45, 7) is 5.77. The lowest BCUT2D eigenvalue weighted by atomic mass is 9.84. The van der Waals surface area contributed by atoms with Gasteiger partial charge in [0.1, 0.15) is 5.69 Å². The molecule has 0 aliphatic heterocycles. The summed E-state index contributed by atoms with van der Waals surface area (Å²) in [5, 5.41) is 9.61. The number of nitrogens with zero attached hydrogens (tertiary/aromatic N) is 1. The molecule has 5 heteroatoms. The van der Waals surface area contributed by atoms with Crippen molar-refractivity contribution >= 4 is 17.1 Å². The van der Waals surface area contributed by atoms with Crippen LogP contribution in [-0.4, -0.2) is 27.8 Å². The summed E-state index contributed by atoms with van der Waals surface area (Å²) in [4.78, 5) is 28.5. The second-order valence-electron chi connectivity index (χ2n) is 6.11. The summed E-state index contributed by atoms with van der Waals surface area (Å²) < 4.78 is 5.52. The van der Waals surface area contributed by atoms with Gasteiger partial charge in [-0.25, -0.2) is 4.98 Å². The zero-order valence-electron chi connectivity index (χ0n) is 11.6. The molecule has 0 radical (unpaired) electrons. The lowest BCUT2D eigenvalue weighted by Crippen LogP contribution is -2.26. The number of Topliss-reactive ketones (excluding diaryl/α,β-unsaturated/α-hetero) is 2. The maximum atomic E-state index is 12.1. The van der Waals surface area contributed by atoms with Gasteiger partial charge in [-0.2, -0.15) is 0 Å². The molecule has 0 amide bonds. The highest BCUT2D eigenvalue weighted by molar-refractivity contribution is 6.54. The summed E-state index contributed by atoms with van der Waals surface area (Å²) in [5.74, 6) is -0.892. The first-order valence-corrected chi connectivity index (χ1v) is 6.50. The summed E-state index contributed by atoms with van der Waals surface area (Å²) in [5.41, 5.74) is 0.890. The number of aliphatic hydroxyl groups excluding tert-OH is 1. The first kappa shape index (κ1) is 13.0. The van der Waals surface area contributed by atoms with E-state index < -0.39 is 17.7 Å². The second kappa shape index (κ2) is 3.99. The van der Waals surface area contributed by atoms with Gasteiger partial charge in [0.05, 0.1) is 6.10 Å². The van der Waals surface area contributed by atoms with Crippen LogP contribution in [-0.2, 0) is 10.2 Å². The fourth-order valence-corrected chi connectivity index (χ4v) is 2.32. The van der Waals surface area contributed by atoms with Crippen LogP contribution in [0.25, 0.3) is 5.57 Å². The summed E-state index contributed by atoms with van der Waals surface area (Å²) in [6, 6.07) is 0. The standard InChI is InChI=1S/C15H15NO4/c1-15(2,3)14-16-10-8-5-4-7(17)6-9(8)11(18)12(19)13(10)20-14/h5-7,17H,4H2,1-3H3.